The van der Waals surface area contributed by atoms with Gasteiger partial charge in [-0.3, -0.25) is 19.8 Å². The molecule has 0 saturated heterocycles. The molecule has 2 aliphatic heterocycles. The summed E-state index contributed by atoms with van der Waals surface area (Å²) in [5.41, 5.74) is 3.63. The van der Waals surface area contributed by atoms with E-state index < -0.39 is 37.0 Å². The molecule has 16 heteroatoms. The van der Waals surface area contributed by atoms with Gasteiger partial charge in [-0.2, -0.15) is 13.2 Å². The molecule has 1 aromatic carbocycles. The molecule has 0 saturated carbocycles. The summed E-state index contributed by atoms with van der Waals surface area (Å²) in [6.07, 6.45) is 2.79. The fraction of sp³-hybridized carbons (Fsp3) is 0.429. The van der Waals surface area contributed by atoms with Crippen LogP contribution in [-0.2, 0) is 18.8 Å². The van der Waals surface area contributed by atoms with E-state index in [-0.39, 0.29) is 23.3 Å². The number of hydrogen-bond donors (Lipinski definition) is 4. The van der Waals surface area contributed by atoms with Crippen LogP contribution < -0.4 is 20.8 Å². The van der Waals surface area contributed by atoms with Crippen molar-refractivity contribution in [2.45, 2.75) is 31.4 Å². The molecule has 4 N–H and O–H groups in total. The Hall–Kier alpha value is -3.62. The van der Waals surface area contributed by atoms with E-state index in [1.54, 1.807) is 25.4 Å². The third-order valence-corrected chi connectivity index (χ3v) is 8.33. The first-order valence-electron chi connectivity index (χ1n) is 13.6. The number of carbonyl (C=O) groups excluding carboxylic acids is 1. The van der Waals surface area contributed by atoms with Crippen LogP contribution in [0.25, 0.3) is 0 Å². The molecule has 1 aromatic rings. The van der Waals surface area contributed by atoms with Crippen LogP contribution >= 0.6 is 7.60 Å². The van der Waals surface area contributed by atoms with E-state index in [9.17, 15) is 32.3 Å². The fourth-order valence-electron chi connectivity index (χ4n) is 5.23. The number of fused-ring (bicyclic) bond motifs is 1. The Labute approximate surface area is 252 Å². The highest BCUT2D eigenvalue weighted by Crippen LogP contribution is 2.45. The number of allylic oxidation sites excluding steroid dienone is 2. The van der Waals surface area contributed by atoms with Gasteiger partial charge in [0.25, 0.3) is 5.91 Å². The highest BCUT2D eigenvalue weighted by atomic mass is 31.2. The number of rotatable bonds is 13. The van der Waals surface area contributed by atoms with Crippen LogP contribution in [-0.4, -0.2) is 86.3 Å². The summed E-state index contributed by atoms with van der Waals surface area (Å²) in [6.45, 7) is -0.0735. The quantitative estimate of drug-likeness (QED) is 0.237. The van der Waals surface area contributed by atoms with Crippen molar-refractivity contribution in [1.29, 1.82) is 0 Å². The number of carbonyl (C=O) groups is 1. The van der Waals surface area contributed by atoms with Crippen molar-refractivity contribution in [3.05, 3.63) is 64.3 Å². The Balaban J connectivity index is 1.75. The van der Waals surface area contributed by atoms with Crippen molar-refractivity contribution < 1.29 is 46.5 Å². The number of alkyl halides is 3. The number of hydrogen-bond acceptors (Lipinski definition) is 9. The Bertz CT molecular complexity index is 1470. The lowest BCUT2D eigenvalue weighted by atomic mass is 9.91. The topological polar surface area (TPSA) is 145 Å². The van der Waals surface area contributed by atoms with Gasteiger partial charge in [0.2, 0.25) is 0 Å². The van der Waals surface area contributed by atoms with Crippen LogP contribution in [0, 0.1) is 0 Å². The van der Waals surface area contributed by atoms with Crippen molar-refractivity contribution in [2.24, 2.45) is 4.99 Å². The molecule has 3 aliphatic rings. The first-order valence-corrected chi connectivity index (χ1v) is 15.2. The minimum Gasteiger partial charge on any atom is -0.494 e. The van der Waals surface area contributed by atoms with Crippen molar-refractivity contribution >= 4 is 30.8 Å². The van der Waals surface area contributed by atoms with Gasteiger partial charge in [0.15, 0.2) is 5.75 Å². The molecule has 0 aromatic heterocycles. The minimum atomic E-state index is -4.90. The van der Waals surface area contributed by atoms with Crippen LogP contribution in [0.3, 0.4) is 0 Å². The number of benzene rings is 1. The van der Waals surface area contributed by atoms with Gasteiger partial charge in [-0.25, -0.2) is 4.99 Å². The highest BCUT2D eigenvalue weighted by molar-refractivity contribution is 7.60. The summed E-state index contributed by atoms with van der Waals surface area (Å²) in [5, 5.41) is 3.33. The number of nitrogens with zero attached hydrogens (tertiary/aromatic N) is 3. The van der Waals surface area contributed by atoms with E-state index >= 15 is 0 Å². The molecule has 0 fully saturated rings. The number of anilines is 1. The van der Waals surface area contributed by atoms with Crippen molar-refractivity contribution in [3.8, 4) is 5.75 Å². The molecule has 0 bridgehead atoms. The molecule has 0 radical (unpaired) electrons. The van der Waals surface area contributed by atoms with Gasteiger partial charge in [0, 0.05) is 40.7 Å². The van der Waals surface area contributed by atoms with Gasteiger partial charge in [0.05, 0.1) is 36.2 Å². The Kier molecular flexibility index (Phi) is 10.3. The third-order valence-electron chi connectivity index (χ3n) is 7.35. The zero-order chi connectivity index (χ0) is 32.2. The van der Waals surface area contributed by atoms with Gasteiger partial charge < -0.3 is 34.2 Å². The molecule has 0 atom stereocenters. The molecule has 1 amide bonds. The van der Waals surface area contributed by atoms with Crippen LogP contribution in [0.2, 0.25) is 0 Å². The molecular formula is C28H35F3N5O7P. The van der Waals surface area contributed by atoms with Gasteiger partial charge in [-0.1, -0.05) is 12.1 Å². The molecule has 0 unspecified atom stereocenters. The van der Waals surface area contributed by atoms with Gasteiger partial charge in [-0.05, 0) is 48.5 Å². The summed E-state index contributed by atoms with van der Waals surface area (Å²) < 4.78 is 71.7. The number of hydrazine groups is 1. The minimum absolute atomic E-state index is 0.0599. The zero-order valence-electron chi connectivity index (χ0n) is 24.6. The summed E-state index contributed by atoms with van der Waals surface area (Å²) >= 11 is 0. The van der Waals surface area contributed by atoms with Crippen LogP contribution in [0.1, 0.15) is 30.7 Å². The summed E-state index contributed by atoms with van der Waals surface area (Å²) in [4.78, 5) is 38.1. The fourth-order valence-corrected chi connectivity index (χ4v) is 5.96. The van der Waals surface area contributed by atoms with Gasteiger partial charge in [-0.15, -0.1) is 0 Å². The first kappa shape index (κ1) is 33.3. The number of halogens is 3. The molecule has 12 nitrogen and oxygen atoms in total. The van der Waals surface area contributed by atoms with Crippen LogP contribution in [0.4, 0.5) is 18.9 Å². The van der Waals surface area contributed by atoms with Gasteiger partial charge >= 0.3 is 13.8 Å². The average molecular weight is 642 g/mol. The summed E-state index contributed by atoms with van der Waals surface area (Å²) in [7, 11) is 0.902. The lowest BCUT2D eigenvalue weighted by molar-refractivity contribution is -0.122. The number of amides is 1. The molecule has 44 heavy (non-hydrogen) atoms. The number of ether oxygens (including phenoxy) is 3. The Morgan fingerprint density at radius 1 is 1.14 bits per heavy atom. The molecule has 240 valence electrons. The maximum absolute atomic E-state index is 14.5. The maximum atomic E-state index is 14.5. The summed E-state index contributed by atoms with van der Waals surface area (Å²) in [5.74, 6) is -1.50. The van der Waals surface area contributed by atoms with Crippen molar-refractivity contribution in [2.75, 3.05) is 53.5 Å². The second kappa shape index (κ2) is 13.6. The van der Waals surface area contributed by atoms with Crippen LogP contribution in [0.5, 0.6) is 5.75 Å². The van der Waals surface area contributed by atoms with E-state index in [2.05, 4.69) is 15.7 Å². The largest absolute Gasteiger partial charge is 0.494 e. The number of methoxy groups -OCH3 is 3. The average Bonchev–Trinajstić information content (AvgIpc) is 3.26. The zero-order valence-corrected chi connectivity index (χ0v) is 25.5. The van der Waals surface area contributed by atoms with Crippen molar-refractivity contribution in [1.82, 2.24) is 15.3 Å². The second-order valence-corrected chi connectivity index (χ2v) is 11.9. The predicted octanol–water partition coefficient (Wildman–Crippen LogP) is 3.26. The van der Waals surface area contributed by atoms with E-state index in [0.717, 1.165) is 16.9 Å². The number of nitrogens with one attached hydrogen (secondary N) is 2. The SMILES string of the molecule is COCCC(CCOC)c1ccc(P(=O)(O)O)c(OC)c1NC1=C(C(F)(F)F)CN(NC2=C3C(=O)N(C)C=C3CC=C2)C=N1. The first-order chi connectivity index (χ1) is 20.8. The van der Waals surface area contributed by atoms with E-state index in [1.165, 1.54) is 38.4 Å². The normalized spacial score (nSPS) is 17.1. The standard InChI is InChI=1S/C28H35F3N5O7P/c1-35-14-18-6-5-7-21(23(18)27(35)37)34-36-15-20(28(29,30)31)26(32-16-36)33-24-19(17(10-12-41-2)11-13-42-3)8-9-22(25(24)43-4)44(38,39)40/h5,7-9,14,16-17,33-34H,6,10-13,15H2,1-4H3,(H2,38,39,40). The maximum Gasteiger partial charge on any atom is 0.418 e. The molecule has 2 heterocycles. The summed E-state index contributed by atoms with van der Waals surface area (Å²) in [6, 6.07) is 2.66. The van der Waals surface area contributed by atoms with Gasteiger partial charge in [0.1, 0.15) is 17.5 Å². The van der Waals surface area contributed by atoms with E-state index in [1.807, 2.05) is 0 Å². The lowest BCUT2D eigenvalue weighted by Crippen LogP contribution is -2.43. The lowest BCUT2D eigenvalue weighted by Gasteiger charge is -2.31. The monoisotopic (exact) mass is 641 g/mol. The van der Waals surface area contributed by atoms with Crippen LogP contribution in [0.15, 0.2) is 63.7 Å². The Morgan fingerprint density at radius 3 is 2.41 bits per heavy atom. The third kappa shape index (κ3) is 7.19. The molecular weight excluding hydrogens is 606 g/mol. The molecule has 1 aliphatic carbocycles. The highest BCUT2D eigenvalue weighted by Gasteiger charge is 2.40. The van der Waals surface area contributed by atoms with Crippen molar-refractivity contribution in [3.63, 3.8) is 0 Å². The number of aliphatic imine (C=N–C) groups is 1. The molecule has 0 spiro atoms. The predicted molar refractivity (Wildman–Crippen MR) is 157 cm³/mol. The second-order valence-electron chi connectivity index (χ2n) is 10.3. The molecule has 4 rings (SSSR count). The number of likely N-dealkylation sites (N-methyl/N-ethyl adjacent to an activating group) is 1. The Morgan fingerprint density at radius 2 is 1.82 bits per heavy atom. The van der Waals surface area contributed by atoms with E-state index in [4.69, 9.17) is 14.2 Å². The van der Waals surface area contributed by atoms with E-state index in [0.29, 0.717) is 49.3 Å². The smallest absolute Gasteiger partial charge is 0.418 e.